The van der Waals surface area contributed by atoms with Crippen LogP contribution in [0.4, 0.5) is 5.95 Å². The summed E-state index contributed by atoms with van der Waals surface area (Å²) in [7, 11) is 2.06. The number of imidazole rings is 1. The average Bonchev–Trinajstić information content (AvgIpc) is 3.19. The lowest BCUT2D eigenvalue weighted by atomic mass is 9.80. The normalized spacial score (nSPS) is 21.2. The second-order valence-corrected chi connectivity index (χ2v) is 6.44. The number of nitrogens with zero attached hydrogens (tertiary/aromatic N) is 3. The summed E-state index contributed by atoms with van der Waals surface area (Å²) in [4.78, 5) is 7.09. The number of aliphatic hydroxyl groups is 1. The number of hydrogen-bond acceptors (Lipinski definition) is 3. The van der Waals surface area contributed by atoms with Crippen LogP contribution >= 0.6 is 0 Å². The van der Waals surface area contributed by atoms with Crippen molar-refractivity contribution in [3.05, 3.63) is 60.2 Å². The molecule has 1 saturated heterocycles. The first kappa shape index (κ1) is 14.3. The maximum absolute atomic E-state index is 10.1. The summed E-state index contributed by atoms with van der Waals surface area (Å²) in [6.45, 7) is 1.87. The molecule has 4 nitrogen and oxygen atoms in total. The van der Waals surface area contributed by atoms with Gasteiger partial charge in [0.25, 0.3) is 0 Å². The molecule has 1 N–H and O–H groups in total. The highest BCUT2D eigenvalue weighted by Gasteiger charge is 2.40. The van der Waals surface area contributed by atoms with Gasteiger partial charge < -0.3 is 14.6 Å². The Morgan fingerprint density at radius 2 is 1.83 bits per heavy atom. The van der Waals surface area contributed by atoms with E-state index < -0.39 is 0 Å². The van der Waals surface area contributed by atoms with E-state index in [1.54, 1.807) is 0 Å². The third-order valence-corrected chi connectivity index (χ3v) is 5.09. The molecule has 0 saturated carbocycles. The number of para-hydroxylation sites is 2. The van der Waals surface area contributed by atoms with Crippen LogP contribution in [0.3, 0.4) is 0 Å². The van der Waals surface area contributed by atoms with Crippen LogP contribution in [0.1, 0.15) is 12.0 Å². The maximum atomic E-state index is 10.1. The monoisotopic (exact) mass is 307 g/mol. The lowest BCUT2D eigenvalue weighted by Crippen LogP contribution is -2.35. The van der Waals surface area contributed by atoms with Crippen LogP contribution in [0.25, 0.3) is 11.0 Å². The maximum Gasteiger partial charge on any atom is 0.206 e. The largest absolute Gasteiger partial charge is 0.395 e. The molecule has 0 spiro atoms. The zero-order valence-corrected chi connectivity index (χ0v) is 13.3. The molecule has 0 aliphatic carbocycles. The second kappa shape index (κ2) is 5.39. The average molecular weight is 307 g/mol. The minimum absolute atomic E-state index is 0.164. The van der Waals surface area contributed by atoms with Crippen LogP contribution in [0, 0.1) is 0 Å². The SMILES string of the molecule is Cn1c(N2CCC(CO)(c3ccccc3)C2)nc2ccccc21. The number of rotatable bonds is 3. The highest BCUT2D eigenvalue weighted by Crippen LogP contribution is 2.36. The van der Waals surface area contributed by atoms with E-state index in [1.807, 2.05) is 36.4 Å². The number of anilines is 1. The Hall–Kier alpha value is -2.33. The van der Waals surface area contributed by atoms with Crippen LogP contribution in [0.2, 0.25) is 0 Å². The molecule has 1 fully saturated rings. The molecule has 1 aromatic heterocycles. The van der Waals surface area contributed by atoms with E-state index in [4.69, 9.17) is 4.98 Å². The van der Waals surface area contributed by atoms with Gasteiger partial charge in [-0.15, -0.1) is 0 Å². The molecule has 1 aliphatic heterocycles. The molecule has 4 heteroatoms. The van der Waals surface area contributed by atoms with Crippen LogP contribution in [0.15, 0.2) is 54.6 Å². The summed E-state index contributed by atoms with van der Waals surface area (Å²) in [5.74, 6) is 0.984. The Morgan fingerprint density at radius 1 is 1.09 bits per heavy atom. The van der Waals surface area contributed by atoms with Crippen LogP contribution < -0.4 is 4.90 Å². The number of benzene rings is 2. The van der Waals surface area contributed by atoms with E-state index >= 15 is 0 Å². The Labute approximate surface area is 136 Å². The molecule has 0 bridgehead atoms. The zero-order valence-electron chi connectivity index (χ0n) is 13.3. The molecule has 2 aromatic carbocycles. The third-order valence-electron chi connectivity index (χ3n) is 5.09. The standard InChI is InChI=1S/C19H21N3O/c1-21-17-10-6-5-9-16(17)20-18(21)22-12-11-19(13-22,14-23)15-7-3-2-4-8-15/h2-10,23H,11-14H2,1H3. The summed E-state index contributed by atoms with van der Waals surface area (Å²) >= 11 is 0. The van der Waals surface area contributed by atoms with E-state index in [1.165, 1.54) is 5.56 Å². The van der Waals surface area contributed by atoms with E-state index in [-0.39, 0.29) is 12.0 Å². The number of aryl methyl sites for hydroxylation is 1. The quantitative estimate of drug-likeness (QED) is 0.809. The van der Waals surface area contributed by atoms with Crippen molar-refractivity contribution in [1.82, 2.24) is 9.55 Å². The molecule has 2 heterocycles. The summed E-state index contributed by atoms with van der Waals surface area (Å²) in [6.07, 6.45) is 0.941. The predicted octanol–water partition coefficient (Wildman–Crippen LogP) is 2.71. The Balaban J connectivity index is 1.70. The van der Waals surface area contributed by atoms with E-state index in [9.17, 15) is 5.11 Å². The molecule has 1 aliphatic rings. The van der Waals surface area contributed by atoms with Crippen LogP contribution in [-0.2, 0) is 12.5 Å². The van der Waals surface area contributed by atoms with E-state index in [0.717, 1.165) is 36.5 Å². The van der Waals surface area contributed by atoms with Crippen molar-refractivity contribution in [3.8, 4) is 0 Å². The zero-order chi connectivity index (χ0) is 15.9. The highest BCUT2D eigenvalue weighted by atomic mass is 16.3. The first-order valence-electron chi connectivity index (χ1n) is 8.06. The summed E-state index contributed by atoms with van der Waals surface area (Å²) in [6, 6.07) is 18.6. The van der Waals surface area contributed by atoms with Crippen molar-refractivity contribution in [2.45, 2.75) is 11.8 Å². The van der Waals surface area contributed by atoms with Crippen molar-refractivity contribution in [1.29, 1.82) is 0 Å². The molecular weight excluding hydrogens is 286 g/mol. The molecule has 3 aromatic rings. The summed E-state index contributed by atoms with van der Waals surface area (Å²) in [5, 5.41) is 10.1. The van der Waals surface area contributed by atoms with Gasteiger partial charge in [-0.05, 0) is 24.1 Å². The van der Waals surface area contributed by atoms with Gasteiger partial charge in [-0.3, -0.25) is 0 Å². The van der Waals surface area contributed by atoms with Gasteiger partial charge in [-0.2, -0.15) is 0 Å². The molecule has 0 amide bonds. The van der Waals surface area contributed by atoms with Gasteiger partial charge >= 0.3 is 0 Å². The molecule has 1 unspecified atom stereocenters. The molecule has 1 atom stereocenters. The number of aromatic nitrogens is 2. The molecular formula is C19H21N3O. The first-order valence-corrected chi connectivity index (χ1v) is 8.06. The van der Waals surface area contributed by atoms with Crippen molar-refractivity contribution in [2.24, 2.45) is 7.05 Å². The number of aliphatic hydroxyl groups excluding tert-OH is 1. The number of fused-ring (bicyclic) bond motifs is 1. The van der Waals surface area contributed by atoms with Gasteiger partial charge in [-0.1, -0.05) is 42.5 Å². The fraction of sp³-hybridized carbons (Fsp3) is 0.316. The highest BCUT2D eigenvalue weighted by molar-refractivity contribution is 5.78. The van der Waals surface area contributed by atoms with Crippen molar-refractivity contribution >= 4 is 17.0 Å². The second-order valence-electron chi connectivity index (χ2n) is 6.44. The third kappa shape index (κ3) is 2.21. The van der Waals surface area contributed by atoms with E-state index in [0.29, 0.717) is 0 Å². The smallest absolute Gasteiger partial charge is 0.206 e. The minimum Gasteiger partial charge on any atom is -0.395 e. The van der Waals surface area contributed by atoms with Crippen LogP contribution in [0.5, 0.6) is 0 Å². The lowest BCUT2D eigenvalue weighted by molar-refractivity contribution is 0.206. The molecule has 118 valence electrons. The number of hydrogen-bond donors (Lipinski definition) is 1. The Morgan fingerprint density at radius 3 is 2.57 bits per heavy atom. The lowest BCUT2D eigenvalue weighted by Gasteiger charge is -2.28. The van der Waals surface area contributed by atoms with E-state index in [2.05, 4.69) is 34.7 Å². The van der Waals surface area contributed by atoms with Crippen LogP contribution in [-0.4, -0.2) is 34.4 Å². The fourth-order valence-electron chi connectivity index (χ4n) is 3.71. The van der Waals surface area contributed by atoms with Gasteiger partial charge in [0.15, 0.2) is 0 Å². The van der Waals surface area contributed by atoms with Gasteiger partial charge in [0, 0.05) is 25.6 Å². The van der Waals surface area contributed by atoms with Gasteiger partial charge in [-0.25, -0.2) is 4.98 Å². The summed E-state index contributed by atoms with van der Waals surface area (Å²) < 4.78 is 2.15. The van der Waals surface area contributed by atoms with Crippen molar-refractivity contribution in [3.63, 3.8) is 0 Å². The molecule has 23 heavy (non-hydrogen) atoms. The Kier molecular flexibility index (Phi) is 3.34. The molecule has 0 radical (unpaired) electrons. The fourth-order valence-corrected chi connectivity index (χ4v) is 3.71. The predicted molar refractivity (Wildman–Crippen MR) is 92.7 cm³/mol. The van der Waals surface area contributed by atoms with Crippen molar-refractivity contribution < 1.29 is 5.11 Å². The van der Waals surface area contributed by atoms with Gasteiger partial charge in [0.05, 0.1) is 17.6 Å². The minimum atomic E-state index is -0.195. The van der Waals surface area contributed by atoms with Gasteiger partial charge in [0.2, 0.25) is 5.95 Å². The van der Waals surface area contributed by atoms with Gasteiger partial charge in [0.1, 0.15) is 0 Å². The topological polar surface area (TPSA) is 41.3 Å². The summed E-state index contributed by atoms with van der Waals surface area (Å²) in [5.41, 5.74) is 3.18. The first-order chi connectivity index (χ1) is 11.2. The van der Waals surface area contributed by atoms with Crippen molar-refractivity contribution in [2.75, 3.05) is 24.6 Å². The molecule has 4 rings (SSSR count). The Bertz CT molecular complexity index is 827.